The summed E-state index contributed by atoms with van der Waals surface area (Å²) in [5, 5.41) is 3.23. The van der Waals surface area contributed by atoms with E-state index in [1.54, 1.807) is 0 Å². The molecule has 0 unspecified atom stereocenters. The molecule has 0 aromatic carbocycles. The van der Waals surface area contributed by atoms with Gasteiger partial charge in [0.05, 0.1) is 0 Å². The summed E-state index contributed by atoms with van der Waals surface area (Å²) in [6, 6.07) is 0. The second kappa shape index (κ2) is 3.02. The third-order valence-electron chi connectivity index (χ3n) is 2.20. The second-order valence-electron chi connectivity index (χ2n) is 2.72. The topological polar surface area (TPSA) is 12.0 Å². The van der Waals surface area contributed by atoms with E-state index in [-0.39, 0.29) is 5.54 Å². The normalized spacial score (nSPS) is 16.9. The van der Waals surface area contributed by atoms with Crippen molar-refractivity contribution in [3.05, 3.63) is 12.2 Å². The summed E-state index contributed by atoms with van der Waals surface area (Å²) < 4.78 is 0. The van der Waals surface area contributed by atoms with Crippen LogP contribution in [-0.4, -0.2) is 12.6 Å². The monoisotopic (exact) mass is 127 g/mol. The van der Waals surface area contributed by atoms with Crippen LogP contribution in [0.25, 0.3) is 0 Å². The number of rotatable bonds is 3. The van der Waals surface area contributed by atoms with Crippen molar-refractivity contribution in [1.82, 2.24) is 5.32 Å². The first-order chi connectivity index (χ1) is 4.06. The molecule has 0 amide bonds. The Hall–Kier alpha value is -0.300. The summed E-state index contributed by atoms with van der Waals surface area (Å²) in [6.45, 7) is 10.3. The molecule has 1 heteroatoms. The van der Waals surface area contributed by atoms with Crippen LogP contribution in [0.2, 0.25) is 0 Å². The summed E-state index contributed by atoms with van der Waals surface area (Å²) in [6.07, 6.45) is 1.10. The average Bonchev–Trinajstić information content (AvgIpc) is 1.86. The Labute approximate surface area is 58.2 Å². The van der Waals surface area contributed by atoms with Gasteiger partial charge in [-0.2, -0.15) is 0 Å². The van der Waals surface area contributed by atoms with E-state index < -0.39 is 0 Å². The maximum absolute atomic E-state index is 3.91. The van der Waals surface area contributed by atoms with Gasteiger partial charge < -0.3 is 5.32 Å². The van der Waals surface area contributed by atoms with Crippen LogP contribution in [0.5, 0.6) is 0 Å². The van der Waals surface area contributed by atoms with Gasteiger partial charge in [-0.1, -0.05) is 19.1 Å². The molecule has 0 rings (SSSR count). The van der Waals surface area contributed by atoms with Crippen LogP contribution in [-0.2, 0) is 0 Å². The van der Waals surface area contributed by atoms with Gasteiger partial charge in [0.1, 0.15) is 0 Å². The molecule has 0 aromatic heterocycles. The molecule has 54 valence electrons. The summed E-state index contributed by atoms with van der Waals surface area (Å²) in [7, 11) is 1.97. The standard InChI is InChI=1S/C8H17N/c1-6-8(4,9-5)7(2)3/h9H,2,6H2,1,3-5H3/t8-/m0/s1. The molecular formula is C8H17N. The molecule has 1 nitrogen and oxygen atoms in total. The van der Waals surface area contributed by atoms with E-state index in [0.717, 1.165) is 6.42 Å². The van der Waals surface area contributed by atoms with Gasteiger partial charge in [-0.15, -0.1) is 0 Å². The molecule has 0 spiro atoms. The highest BCUT2D eigenvalue weighted by Gasteiger charge is 2.18. The lowest BCUT2D eigenvalue weighted by Gasteiger charge is -2.28. The van der Waals surface area contributed by atoms with Crippen molar-refractivity contribution in [1.29, 1.82) is 0 Å². The molecule has 0 aliphatic rings. The fourth-order valence-electron chi connectivity index (χ4n) is 0.692. The van der Waals surface area contributed by atoms with Crippen LogP contribution in [0.4, 0.5) is 0 Å². The number of hydrogen-bond donors (Lipinski definition) is 1. The zero-order valence-corrected chi connectivity index (χ0v) is 6.91. The molecule has 0 saturated heterocycles. The van der Waals surface area contributed by atoms with Crippen LogP contribution in [0, 0.1) is 0 Å². The van der Waals surface area contributed by atoms with Crippen molar-refractivity contribution < 1.29 is 0 Å². The first-order valence-electron chi connectivity index (χ1n) is 3.41. The van der Waals surface area contributed by atoms with Crippen LogP contribution >= 0.6 is 0 Å². The van der Waals surface area contributed by atoms with E-state index >= 15 is 0 Å². The van der Waals surface area contributed by atoms with Gasteiger partial charge in [0.25, 0.3) is 0 Å². The highest BCUT2D eigenvalue weighted by atomic mass is 14.9. The predicted octanol–water partition coefficient (Wildman–Crippen LogP) is 1.95. The number of likely N-dealkylation sites (N-methyl/N-ethyl adjacent to an activating group) is 1. The predicted molar refractivity (Wildman–Crippen MR) is 42.6 cm³/mol. The fraction of sp³-hybridized carbons (Fsp3) is 0.750. The molecule has 0 saturated carbocycles. The van der Waals surface area contributed by atoms with E-state index in [2.05, 4.69) is 32.7 Å². The van der Waals surface area contributed by atoms with E-state index in [1.165, 1.54) is 5.57 Å². The number of hydrogen-bond acceptors (Lipinski definition) is 1. The Morgan fingerprint density at radius 1 is 1.67 bits per heavy atom. The Balaban J connectivity index is 4.09. The van der Waals surface area contributed by atoms with Crippen molar-refractivity contribution in [3.63, 3.8) is 0 Å². The van der Waals surface area contributed by atoms with Gasteiger partial charge in [-0.05, 0) is 27.3 Å². The molecule has 0 aromatic rings. The smallest absolute Gasteiger partial charge is 0.0354 e. The SMILES string of the molecule is C=C(C)[C@](C)(CC)NC. The molecule has 9 heavy (non-hydrogen) atoms. The molecule has 0 fully saturated rings. The van der Waals surface area contributed by atoms with Crippen LogP contribution in [0.15, 0.2) is 12.2 Å². The summed E-state index contributed by atoms with van der Waals surface area (Å²) in [5.41, 5.74) is 1.34. The number of nitrogens with one attached hydrogen (secondary N) is 1. The van der Waals surface area contributed by atoms with Gasteiger partial charge >= 0.3 is 0 Å². The van der Waals surface area contributed by atoms with E-state index in [1.807, 2.05) is 7.05 Å². The maximum atomic E-state index is 3.91. The lowest BCUT2D eigenvalue weighted by Crippen LogP contribution is -2.39. The highest BCUT2D eigenvalue weighted by Crippen LogP contribution is 2.16. The van der Waals surface area contributed by atoms with E-state index in [4.69, 9.17) is 0 Å². The van der Waals surface area contributed by atoms with Gasteiger partial charge in [0.15, 0.2) is 0 Å². The first-order valence-corrected chi connectivity index (χ1v) is 3.41. The molecular weight excluding hydrogens is 110 g/mol. The third-order valence-corrected chi connectivity index (χ3v) is 2.20. The van der Waals surface area contributed by atoms with E-state index in [9.17, 15) is 0 Å². The second-order valence-corrected chi connectivity index (χ2v) is 2.72. The molecule has 0 radical (unpaired) electrons. The Morgan fingerprint density at radius 3 is 2.11 bits per heavy atom. The third kappa shape index (κ3) is 1.83. The summed E-state index contributed by atoms with van der Waals surface area (Å²) in [5.74, 6) is 0. The Morgan fingerprint density at radius 2 is 2.11 bits per heavy atom. The van der Waals surface area contributed by atoms with Crippen molar-refractivity contribution in [2.24, 2.45) is 0 Å². The largest absolute Gasteiger partial charge is 0.311 e. The Kier molecular flexibility index (Phi) is 2.92. The lowest BCUT2D eigenvalue weighted by molar-refractivity contribution is 0.438. The molecule has 0 aliphatic carbocycles. The Bertz CT molecular complexity index is 101. The molecule has 0 bridgehead atoms. The quantitative estimate of drug-likeness (QED) is 0.571. The van der Waals surface area contributed by atoms with Crippen LogP contribution in [0.1, 0.15) is 27.2 Å². The van der Waals surface area contributed by atoms with Crippen LogP contribution in [0.3, 0.4) is 0 Å². The van der Waals surface area contributed by atoms with Gasteiger partial charge in [0, 0.05) is 5.54 Å². The lowest BCUT2D eigenvalue weighted by atomic mass is 9.92. The van der Waals surface area contributed by atoms with Gasteiger partial charge in [-0.3, -0.25) is 0 Å². The minimum atomic E-state index is 0.139. The minimum absolute atomic E-state index is 0.139. The zero-order valence-electron chi connectivity index (χ0n) is 6.91. The summed E-state index contributed by atoms with van der Waals surface area (Å²) >= 11 is 0. The molecule has 1 atom stereocenters. The van der Waals surface area contributed by atoms with Crippen molar-refractivity contribution >= 4 is 0 Å². The van der Waals surface area contributed by atoms with Crippen molar-refractivity contribution in [2.45, 2.75) is 32.7 Å². The van der Waals surface area contributed by atoms with E-state index in [0.29, 0.717) is 0 Å². The molecule has 0 aliphatic heterocycles. The molecule has 0 heterocycles. The average molecular weight is 127 g/mol. The van der Waals surface area contributed by atoms with Gasteiger partial charge in [0.2, 0.25) is 0 Å². The maximum Gasteiger partial charge on any atom is 0.0354 e. The molecule has 1 N–H and O–H groups in total. The van der Waals surface area contributed by atoms with Crippen molar-refractivity contribution in [3.8, 4) is 0 Å². The fourth-order valence-corrected chi connectivity index (χ4v) is 0.692. The zero-order chi connectivity index (χ0) is 7.49. The van der Waals surface area contributed by atoms with Crippen LogP contribution < -0.4 is 5.32 Å². The minimum Gasteiger partial charge on any atom is -0.311 e. The first kappa shape index (κ1) is 8.70. The summed E-state index contributed by atoms with van der Waals surface area (Å²) in [4.78, 5) is 0. The highest BCUT2D eigenvalue weighted by molar-refractivity contribution is 5.10. The van der Waals surface area contributed by atoms with Crippen molar-refractivity contribution in [2.75, 3.05) is 7.05 Å². The van der Waals surface area contributed by atoms with Gasteiger partial charge in [-0.25, -0.2) is 0 Å².